The van der Waals surface area contributed by atoms with E-state index in [-0.39, 0.29) is 17.5 Å². The van der Waals surface area contributed by atoms with Gasteiger partial charge in [-0.2, -0.15) is 0 Å². The lowest BCUT2D eigenvalue weighted by Gasteiger charge is -2.07. The number of hydrogen-bond donors (Lipinski definition) is 3. The van der Waals surface area contributed by atoms with E-state index in [0.717, 1.165) is 0 Å². The third kappa shape index (κ3) is 4.92. The number of nitrogens with zero attached hydrogens (tertiary/aromatic N) is 2. The zero-order valence-electron chi connectivity index (χ0n) is 12.7. The Kier molecular flexibility index (Phi) is 5.40. The fourth-order valence-electron chi connectivity index (χ4n) is 1.79. The van der Waals surface area contributed by atoms with E-state index in [2.05, 4.69) is 32.5 Å². The van der Waals surface area contributed by atoms with E-state index in [4.69, 9.17) is 0 Å². The smallest absolute Gasteiger partial charge is 0.274 e. The molecule has 0 radical (unpaired) electrons. The molecule has 0 aliphatic carbocycles. The molecule has 3 N–H and O–H groups in total. The summed E-state index contributed by atoms with van der Waals surface area (Å²) in [6.45, 7) is 5.58. The van der Waals surface area contributed by atoms with Gasteiger partial charge in [0.25, 0.3) is 5.91 Å². The number of aromatic nitrogens is 2. The lowest BCUT2D eigenvalue weighted by molar-refractivity contribution is -0.114. The van der Waals surface area contributed by atoms with Crippen LogP contribution in [0.4, 0.5) is 17.2 Å². The predicted octanol–water partition coefficient (Wildman–Crippen LogP) is 2.29. The number of carbonyl (C=O) groups is 2. The van der Waals surface area contributed by atoms with E-state index in [1.807, 2.05) is 0 Å². The van der Waals surface area contributed by atoms with Gasteiger partial charge in [0.1, 0.15) is 17.8 Å². The van der Waals surface area contributed by atoms with Gasteiger partial charge in [0.15, 0.2) is 0 Å². The summed E-state index contributed by atoms with van der Waals surface area (Å²) in [5, 5.41) is 8.38. The van der Waals surface area contributed by atoms with Crippen molar-refractivity contribution in [2.75, 3.05) is 22.5 Å². The maximum absolute atomic E-state index is 12.2. The van der Waals surface area contributed by atoms with E-state index >= 15 is 0 Å². The molecule has 7 heteroatoms. The van der Waals surface area contributed by atoms with Crippen LogP contribution < -0.4 is 16.0 Å². The zero-order valence-corrected chi connectivity index (χ0v) is 12.7. The Morgan fingerprint density at radius 2 is 1.78 bits per heavy atom. The van der Waals surface area contributed by atoms with Crippen LogP contribution in [0.2, 0.25) is 0 Å². The third-order valence-corrected chi connectivity index (χ3v) is 2.79. The first-order valence-corrected chi connectivity index (χ1v) is 6.94. The highest BCUT2D eigenvalue weighted by molar-refractivity contribution is 6.03. The van der Waals surface area contributed by atoms with Gasteiger partial charge in [-0.1, -0.05) is 6.08 Å². The van der Waals surface area contributed by atoms with Crippen LogP contribution in [-0.4, -0.2) is 28.3 Å². The van der Waals surface area contributed by atoms with E-state index in [0.29, 0.717) is 23.7 Å². The number of hydrogen-bond acceptors (Lipinski definition) is 5. The fraction of sp³-hybridized carbons (Fsp3) is 0.125. The second kappa shape index (κ2) is 7.69. The van der Waals surface area contributed by atoms with Crippen molar-refractivity contribution in [3.8, 4) is 0 Å². The number of benzene rings is 1. The maximum atomic E-state index is 12.2. The lowest BCUT2D eigenvalue weighted by Crippen LogP contribution is -2.15. The molecule has 0 aliphatic heterocycles. The topological polar surface area (TPSA) is 96.0 Å². The first-order chi connectivity index (χ1) is 11.1. The highest BCUT2D eigenvalue weighted by Gasteiger charge is 2.09. The van der Waals surface area contributed by atoms with Crippen LogP contribution in [0.15, 0.2) is 49.3 Å². The Bertz CT molecular complexity index is 713. The van der Waals surface area contributed by atoms with Crippen molar-refractivity contribution >= 4 is 29.0 Å². The van der Waals surface area contributed by atoms with Gasteiger partial charge in [0, 0.05) is 30.9 Å². The Morgan fingerprint density at radius 1 is 1.13 bits per heavy atom. The number of anilines is 3. The molecule has 0 aliphatic rings. The second-order valence-corrected chi connectivity index (χ2v) is 4.67. The van der Waals surface area contributed by atoms with Gasteiger partial charge in [0.05, 0.1) is 0 Å². The molecular weight excluding hydrogens is 294 g/mol. The molecule has 1 aromatic carbocycles. The standard InChI is InChI=1S/C16H17N5O2/c1-3-8-17-15-9-14(18-10-19-15)16(23)21-13-6-4-12(5-7-13)20-11(2)22/h3-7,9-10H,1,8H2,2H3,(H,20,22)(H,21,23)(H,17,18,19). The van der Waals surface area contributed by atoms with Crippen LogP contribution in [-0.2, 0) is 4.79 Å². The van der Waals surface area contributed by atoms with Crippen LogP contribution >= 0.6 is 0 Å². The molecule has 0 saturated heterocycles. The Hall–Kier alpha value is -3.22. The molecule has 2 aromatic rings. The molecule has 118 valence electrons. The Labute approximate surface area is 133 Å². The normalized spacial score (nSPS) is 9.78. The van der Waals surface area contributed by atoms with Crippen molar-refractivity contribution < 1.29 is 9.59 Å². The summed E-state index contributed by atoms with van der Waals surface area (Å²) < 4.78 is 0. The molecule has 2 amide bonds. The molecule has 0 atom stereocenters. The number of rotatable bonds is 6. The zero-order chi connectivity index (χ0) is 16.7. The predicted molar refractivity (Wildman–Crippen MR) is 89.4 cm³/mol. The van der Waals surface area contributed by atoms with Crippen LogP contribution in [0.3, 0.4) is 0 Å². The highest BCUT2D eigenvalue weighted by Crippen LogP contribution is 2.14. The van der Waals surface area contributed by atoms with E-state index in [9.17, 15) is 9.59 Å². The van der Waals surface area contributed by atoms with Crippen LogP contribution in [0, 0.1) is 0 Å². The molecular formula is C16H17N5O2. The van der Waals surface area contributed by atoms with Crippen molar-refractivity contribution in [3.63, 3.8) is 0 Å². The number of carbonyl (C=O) groups excluding carboxylic acids is 2. The first-order valence-electron chi connectivity index (χ1n) is 6.94. The molecule has 0 unspecified atom stereocenters. The van der Waals surface area contributed by atoms with Gasteiger partial charge < -0.3 is 16.0 Å². The molecule has 23 heavy (non-hydrogen) atoms. The monoisotopic (exact) mass is 311 g/mol. The van der Waals surface area contributed by atoms with Gasteiger partial charge in [-0.25, -0.2) is 9.97 Å². The Morgan fingerprint density at radius 3 is 2.39 bits per heavy atom. The minimum atomic E-state index is -0.346. The summed E-state index contributed by atoms with van der Waals surface area (Å²) in [6, 6.07) is 8.36. The highest BCUT2D eigenvalue weighted by atomic mass is 16.2. The Balaban J connectivity index is 2.03. The van der Waals surface area contributed by atoms with Crippen molar-refractivity contribution in [1.82, 2.24) is 9.97 Å². The van der Waals surface area contributed by atoms with Gasteiger partial charge in [-0.05, 0) is 24.3 Å². The van der Waals surface area contributed by atoms with Gasteiger partial charge in [0.2, 0.25) is 5.91 Å². The lowest BCUT2D eigenvalue weighted by atomic mass is 10.2. The minimum Gasteiger partial charge on any atom is -0.366 e. The van der Waals surface area contributed by atoms with Crippen LogP contribution in [0.5, 0.6) is 0 Å². The molecule has 0 saturated carbocycles. The second-order valence-electron chi connectivity index (χ2n) is 4.67. The number of nitrogens with one attached hydrogen (secondary N) is 3. The average Bonchev–Trinajstić information content (AvgIpc) is 2.54. The minimum absolute atomic E-state index is 0.151. The summed E-state index contributed by atoms with van der Waals surface area (Å²) in [5.41, 5.74) is 1.51. The van der Waals surface area contributed by atoms with Gasteiger partial charge >= 0.3 is 0 Å². The fourth-order valence-corrected chi connectivity index (χ4v) is 1.79. The largest absolute Gasteiger partial charge is 0.366 e. The summed E-state index contributed by atoms with van der Waals surface area (Å²) in [4.78, 5) is 31.1. The summed E-state index contributed by atoms with van der Waals surface area (Å²) >= 11 is 0. The van der Waals surface area contributed by atoms with Gasteiger partial charge in [-0.3, -0.25) is 9.59 Å². The summed E-state index contributed by atoms with van der Waals surface area (Å²) in [5.74, 6) is 0.0507. The maximum Gasteiger partial charge on any atom is 0.274 e. The van der Waals surface area contributed by atoms with Crippen molar-refractivity contribution in [3.05, 3.63) is 55.0 Å². The summed E-state index contributed by atoms with van der Waals surface area (Å²) in [7, 11) is 0. The molecule has 0 spiro atoms. The van der Waals surface area contributed by atoms with E-state index in [1.54, 1.807) is 36.4 Å². The third-order valence-electron chi connectivity index (χ3n) is 2.79. The number of amides is 2. The SMILES string of the molecule is C=CCNc1cc(C(=O)Nc2ccc(NC(C)=O)cc2)ncn1. The van der Waals surface area contributed by atoms with Crippen molar-refractivity contribution in [1.29, 1.82) is 0 Å². The quantitative estimate of drug-likeness (QED) is 0.711. The van der Waals surface area contributed by atoms with Crippen molar-refractivity contribution in [2.24, 2.45) is 0 Å². The first kappa shape index (κ1) is 16.2. The molecule has 1 aromatic heterocycles. The van der Waals surface area contributed by atoms with Crippen LogP contribution in [0.1, 0.15) is 17.4 Å². The average molecular weight is 311 g/mol. The van der Waals surface area contributed by atoms with Crippen molar-refractivity contribution in [2.45, 2.75) is 6.92 Å². The molecule has 7 nitrogen and oxygen atoms in total. The molecule has 1 heterocycles. The molecule has 0 fully saturated rings. The van der Waals surface area contributed by atoms with Crippen LogP contribution in [0.25, 0.3) is 0 Å². The molecule has 0 bridgehead atoms. The van der Waals surface area contributed by atoms with E-state index < -0.39 is 0 Å². The van der Waals surface area contributed by atoms with Gasteiger partial charge in [-0.15, -0.1) is 6.58 Å². The summed E-state index contributed by atoms with van der Waals surface area (Å²) in [6.07, 6.45) is 3.01. The van der Waals surface area contributed by atoms with E-state index in [1.165, 1.54) is 13.3 Å². The molecule has 2 rings (SSSR count).